The van der Waals surface area contributed by atoms with E-state index in [0.717, 1.165) is 12.1 Å². The molecule has 56 valence electrons. The topological polar surface area (TPSA) is 26.0 Å². The molecule has 0 aromatic heterocycles. The van der Waals surface area contributed by atoms with E-state index in [0.29, 0.717) is 0 Å². The fourth-order valence-corrected chi connectivity index (χ4v) is 0.856. The summed E-state index contributed by atoms with van der Waals surface area (Å²) in [6.07, 6.45) is 1.02. The number of anilines is 1. The van der Waals surface area contributed by atoms with Crippen molar-refractivity contribution in [3.8, 4) is 0 Å². The molecule has 2 N–H and O–H groups in total. The lowest BCUT2D eigenvalue weighted by Crippen LogP contribution is -1.90. The van der Waals surface area contributed by atoms with Crippen LogP contribution in [0.4, 0.5) is 5.69 Å². The summed E-state index contributed by atoms with van der Waals surface area (Å²) in [4.78, 5) is 0. The molecule has 0 bridgehead atoms. The van der Waals surface area contributed by atoms with Gasteiger partial charge < -0.3 is 5.73 Å². The van der Waals surface area contributed by atoms with Crippen molar-refractivity contribution in [2.75, 3.05) is 5.73 Å². The third kappa shape index (κ3) is 2.03. The maximum atomic E-state index is 5.63. The molecule has 0 fully saturated rings. The molecule has 2 heteroatoms. The summed E-state index contributed by atoms with van der Waals surface area (Å²) in [5.74, 6) is 0. The molecule has 0 radical (unpaired) electrons. The van der Waals surface area contributed by atoms with Crippen molar-refractivity contribution >= 4 is 22.7 Å². The largest absolute Gasteiger partial charge is 0.399 e. The summed E-state index contributed by atoms with van der Waals surface area (Å²) in [7, 11) is 0. The Hall–Kier alpha value is -0.500. The second kappa shape index (κ2) is 4.34. The maximum absolute atomic E-state index is 5.63. The summed E-state index contributed by atoms with van der Waals surface area (Å²) in [5.41, 5.74) is 7.77. The van der Waals surface area contributed by atoms with Gasteiger partial charge in [0.15, 0.2) is 0 Å². The first-order chi connectivity index (χ1) is 4.34. The van der Waals surface area contributed by atoms with Crippen molar-refractivity contribution in [1.29, 1.82) is 0 Å². The fraction of sp³-hybridized carbons (Fsp3) is 0.250. The Balaban J connectivity index is 0.000000810. The summed E-state index contributed by atoms with van der Waals surface area (Å²) in [6, 6.07) is 7.94. The quantitative estimate of drug-likeness (QED) is 0.695. The van der Waals surface area contributed by atoms with E-state index in [1.165, 1.54) is 5.56 Å². The van der Waals surface area contributed by atoms with Gasteiger partial charge in [-0.05, 0) is 18.1 Å². The zero-order valence-corrected chi connectivity index (χ0v) is 7.72. The van der Waals surface area contributed by atoms with Crippen molar-refractivity contribution < 1.29 is 0 Å². The first kappa shape index (κ1) is 9.50. The Morgan fingerprint density at radius 3 is 2.30 bits per heavy atom. The van der Waals surface area contributed by atoms with E-state index >= 15 is 0 Å². The normalized spacial score (nSPS) is 8.50. The minimum atomic E-state index is 0. The molecular formula is C8H12BrN. The predicted octanol–water partition coefficient (Wildman–Crippen LogP) is 2.41. The van der Waals surface area contributed by atoms with Crippen LogP contribution in [0.3, 0.4) is 0 Å². The van der Waals surface area contributed by atoms with Crippen molar-refractivity contribution in [3.05, 3.63) is 29.8 Å². The van der Waals surface area contributed by atoms with E-state index in [9.17, 15) is 0 Å². The minimum absolute atomic E-state index is 0. The van der Waals surface area contributed by atoms with Gasteiger partial charge in [0.25, 0.3) is 0 Å². The molecule has 0 spiro atoms. The zero-order valence-electron chi connectivity index (χ0n) is 6.00. The van der Waals surface area contributed by atoms with E-state index in [2.05, 4.69) is 13.0 Å². The van der Waals surface area contributed by atoms with Crippen LogP contribution < -0.4 is 5.73 Å². The van der Waals surface area contributed by atoms with Gasteiger partial charge in [-0.15, -0.1) is 17.0 Å². The molecule has 1 rings (SSSR count). The lowest BCUT2D eigenvalue weighted by Gasteiger charge is -1.98. The fourth-order valence-electron chi connectivity index (χ4n) is 0.856. The molecule has 0 saturated heterocycles. The number of rotatable bonds is 1. The number of hydrogen-bond donors (Lipinski definition) is 1. The standard InChI is InChI=1S/C8H11N.BrH/c1-2-7-5-3-4-6-8(7)9;/h3-6H,2,9H2,1H3;1H. The average molecular weight is 202 g/mol. The van der Waals surface area contributed by atoms with Gasteiger partial charge in [-0.25, -0.2) is 0 Å². The number of aryl methyl sites for hydroxylation is 1. The zero-order chi connectivity index (χ0) is 6.69. The van der Waals surface area contributed by atoms with Gasteiger partial charge in [0.1, 0.15) is 0 Å². The van der Waals surface area contributed by atoms with E-state index in [1.54, 1.807) is 0 Å². The van der Waals surface area contributed by atoms with Gasteiger partial charge in [0, 0.05) is 5.69 Å². The molecule has 1 aromatic carbocycles. The van der Waals surface area contributed by atoms with Gasteiger partial charge in [0.2, 0.25) is 0 Å². The van der Waals surface area contributed by atoms with Crippen molar-refractivity contribution in [3.63, 3.8) is 0 Å². The molecule has 0 aliphatic heterocycles. The van der Waals surface area contributed by atoms with Crippen molar-refractivity contribution in [2.45, 2.75) is 13.3 Å². The van der Waals surface area contributed by atoms with E-state index < -0.39 is 0 Å². The molecule has 0 unspecified atom stereocenters. The molecule has 1 nitrogen and oxygen atoms in total. The molecule has 1 aromatic rings. The highest BCUT2D eigenvalue weighted by Gasteiger charge is 1.90. The highest BCUT2D eigenvalue weighted by Crippen LogP contribution is 2.09. The third-order valence-corrected chi connectivity index (χ3v) is 1.44. The van der Waals surface area contributed by atoms with Gasteiger partial charge in [0.05, 0.1) is 0 Å². The lowest BCUT2D eigenvalue weighted by molar-refractivity contribution is 1.14. The van der Waals surface area contributed by atoms with E-state index in [1.807, 2.05) is 18.2 Å². The van der Waals surface area contributed by atoms with Crippen molar-refractivity contribution in [1.82, 2.24) is 0 Å². The van der Waals surface area contributed by atoms with Gasteiger partial charge in [-0.1, -0.05) is 25.1 Å². The second-order valence-electron chi connectivity index (χ2n) is 2.05. The van der Waals surface area contributed by atoms with Crippen LogP contribution in [0.25, 0.3) is 0 Å². The number of halogens is 1. The monoisotopic (exact) mass is 201 g/mol. The number of para-hydroxylation sites is 1. The Morgan fingerprint density at radius 2 is 1.90 bits per heavy atom. The van der Waals surface area contributed by atoms with Gasteiger partial charge in [-0.2, -0.15) is 0 Å². The van der Waals surface area contributed by atoms with E-state index in [4.69, 9.17) is 5.73 Å². The molecular weight excluding hydrogens is 190 g/mol. The second-order valence-corrected chi connectivity index (χ2v) is 2.05. The maximum Gasteiger partial charge on any atom is 0.0346 e. The van der Waals surface area contributed by atoms with Crippen LogP contribution in [0.2, 0.25) is 0 Å². The molecule has 0 heterocycles. The summed E-state index contributed by atoms with van der Waals surface area (Å²) < 4.78 is 0. The smallest absolute Gasteiger partial charge is 0.0346 e. The lowest BCUT2D eigenvalue weighted by atomic mass is 10.1. The number of nitrogen functional groups attached to an aromatic ring is 1. The molecule has 0 amide bonds. The first-order valence-corrected chi connectivity index (χ1v) is 3.18. The summed E-state index contributed by atoms with van der Waals surface area (Å²) in [5, 5.41) is 0. The Morgan fingerprint density at radius 1 is 1.30 bits per heavy atom. The van der Waals surface area contributed by atoms with Crippen LogP contribution >= 0.6 is 17.0 Å². The highest BCUT2D eigenvalue weighted by molar-refractivity contribution is 8.93. The van der Waals surface area contributed by atoms with Crippen molar-refractivity contribution in [2.24, 2.45) is 0 Å². The molecule has 0 atom stereocenters. The predicted molar refractivity (Wildman–Crippen MR) is 50.6 cm³/mol. The number of nitrogens with two attached hydrogens (primary N) is 1. The van der Waals surface area contributed by atoms with Gasteiger partial charge in [-0.3, -0.25) is 0 Å². The van der Waals surface area contributed by atoms with Crippen LogP contribution in [0.5, 0.6) is 0 Å². The van der Waals surface area contributed by atoms with Crippen LogP contribution in [-0.4, -0.2) is 0 Å². The molecule has 0 aliphatic rings. The SMILES string of the molecule is Br.CCc1ccccc1N. The number of benzene rings is 1. The Bertz CT molecular complexity index is 198. The van der Waals surface area contributed by atoms with Gasteiger partial charge >= 0.3 is 0 Å². The van der Waals surface area contributed by atoms with Crippen LogP contribution in [0.15, 0.2) is 24.3 Å². The summed E-state index contributed by atoms with van der Waals surface area (Å²) in [6.45, 7) is 2.10. The van der Waals surface area contributed by atoms with E-state index in [-0.39, 0.29) is 17.0 Å². The minimum Gasteiger partial charge on any atom is -0.399 e. The number of hydrogen-bond acceptors (Lipinski definition) is 1. The Kier molecular flexibility index (Phi) is 4.12. The highest BCUT2D eigenvalue weighted by atomic mass is 79.9. The molecule has 0 saturated carbocycles. The molecule has 0 aliphatic carbocycles. The third-order valence-electron chi connectivity index (χ3n) is 1.44. The Labute approximate surface area is 72.0 Å². The summed E-state index contributed by atoms with van der Waals surface area (Å²) >= 11 is 0. The first-order valence-electron chi connectivity index (χ1n) is 3.18. The average Bonchev–Trinajstić information content (AvgIpc) is 1.89. The van der Waals surface area contributed by atoms with Crippen LogP contribution in [-0.2, 0) is 6.42 Å². The molecule has 10 heavy (non-hydrogen) atoms. The van der Waals surface area contributed by atoms with Crippen LogP contribution in [0.1, 0.15) is 12.5 Å². The van der Waals surface area contributed by atoms with Crippen LogP contribution in [0, 0.1) is 0 Å².